The van der Waals surface area contributed by atoms with E-state index in [0.29, 0.717) is 0 Å². The maximum absolute atomic E-state index is 4.30. The van der Waals surface area contributed by atoms with Gasteiger partial charge in [0.1, 0.15) is 0 Å². The highest BCUT2D eigenvalue weighted by Gasteiger charge is 1.94. The average Bonchev–Trinajstić information content (AvgIpc) is 2.54. The monoisotopic (exact) mass is 156 g/mol. The third kappa shape index (κ3) is 1.26. The van der Waals surface area contributed by atoms with Crippen molar-refractivity contribution in [3.05, 3.63) is 42.6 Å². The summed E-state index contributed by atoms with van der Waals surface area (Å²) in [6.07, 6.45) is 1.96. The van der Waals surface area contributed by atoms with E-state index in [0.717, 1.165) is 11.3 Å². The van der Waals surface area contributed by atoms with Crippen molar-refractivity contribution in [2.45, 2.75) is 0 Å². The molecule has 1 aromatic carbocycles. The molecule has 1 heterocycles. The molecule has 0 amide bonds. The topological polar surface area (TPSA) is 17.8 Å². The van der Waals surface area contributed by atoms with Crippen molar-refractivity contribution in [2.75, 3.05) is 0 Å². The highest BCUT2D eigenvalue weighted by molar-refractivity contribution is 6.30. The summed E-state index contributed by atoms with van der Waals surface area (Å²) in [6.45, 7) is 0. The highest BCUT2D eigenvalue weighted by atomic mass is 15.3. The zero-order valence-electron chi connectivity index (χ0n) is 6.94. The minimum atomic E-state index is 1.04. The van der Waals surface area contributed by atoms with Gasteiger partial charge in [-0.05, 0) is 18.2 Å². The summed E-state index contributed by atoms with van der Waals surface area (Å²) in [5, 5.41) is 4.30. The molecule has 2 aromatic rings. The van der Waals surface area contributed by atoms with Crippen molar-refractivity contribution >= 4 is 13.4 Å². The van der Waals surface area contributed by atoms with E-state index in [2.05, 4.69) is 5.10 Å². The van der Waals surface area contributed by atoms with Gasteiger partial charge in [0.2, 0.25) is 0 Å². The first-order valence-electron chi connectivity index (χ1n) is 3.94. The molecule has 0 aliphatic rings. The van der Waals surface area contributed by atoms with Gasteiger partial charge in [0.15, 0.2) is 7.85 Å². The summed E-state index contributed by atoms with van der Waals surface area (Å²) in [7, 11) is 1.99. The van der Waals surface area contributed by atoms with Crippen molar-refractivity contribution in [2.24, 2.45) is 0 Å². The molecule has 58 valence electrons. The fourth-order valence-corrected chi connectivity index (χ4v) is 1.14. The summed E-state index contributed by atoms with van der Waals surface area (Å²) in [5.74, 6) is 0. The highest BCUT2D eigenvalue weighted by Crippen LogP contribution is 2.02. The van der Waals surface area contributed by atoms with Gasteiger partial charge < -0.3 is 0 Å². The van der Waals surface area contributed by atoms with Crippen LogP contribution in [0, 0.1) is 0 Å². The molecule has 0 bridgehead atoms. The van der Waals surface area contributed by atoms with E-state index in [4.69, 9.17) is 0 Å². The lowest BCUT2D eigenvalue weighted by atomic mass is 10.1. The minimum Gasteiger partial charge on any atom is -0.242 e. The van der Waals surface area contributed by atoms with Crippen LogP contribution < -0.4 is 5.59 Å². The zero-order chi connectivity index (χ0) is 8.39. The number of benzene rings is 1. The standard InChI is InChI=1S/C9H9BN2/c10-9-6-7-12(11-9)8-4-2-1-3-5-8/h1-7H,10H2. The summed E-state index contributed by atoms with van der Waals surface area (Å²) < 4.78 is 1.87. The van der Waals surface area contributed by atoms with Crippen LogP contribution >= 0.6 is 0 Å². The van der Waals surface area contributed by atoms with Gasteiger partial charge in [0, 0.05) is 11.8 Å². The van der Waals surface area contributed by atoms with Gasteiger partial charge in [-0.15, -0.1) is 0 Å². The van der Waals surface area contributed by atoms with Gasteiger partial charge >= 0.3 is 0 Å². The lowest BCUT2D eigenvalue weighted by Gasteiger charge is -1.98. The molecule has 12 heavy (non-hydrogen) atoms. The molecule has 2 rings (SSSR count). The number of hydrogen-bond donors (Lipinski definition) is 0. The molecule has 1 aromatic heterocycles. The Hall–Kier alpha value is -1.51. The van der Waals surface area contributed by atoms with E-state index in [1.54, 1.807) is 0 Å². The van der Waals surface area contributed by atoms with Crippen LogP contribution in [0.1, 0.15) is 0 Å². The van der Waals surface area contributed by atoms with Crippen LogP contribution in [0.5, 0.6) is 0 Å². The van der Waals surface area contributed by atoms with Crippen LogP contribution in [0.25, 0.3) is 5.69 Å². The van der Waals surface area contributed by atoms with E-state index in [9.17, 15) is 0 Å². The van der Waals surface area contributed by atoms with E-state index < -0.39 is 0 Å². The second-order valence-electron chi connectivity index (χ2n) is 2.74. The van der Waals surface area contributed by atoms with Crippen LogP contribution in [-0.4, -0.2) is 17.6 Å². The largest absolute Gasteiger partial charge is 0.242 e. The molecular weight excluding hydrogens is 147 g/mol. The first-order chi connectivity index (χ1) is 5.86. The predicted octanol–water partition coefficient (Wildman–Crippen LogP) is 0.131. The van der Waals surface area contributed by atoms with E-state index in [1.807, 2.05) is 55.1 Å². The van der Waals surface area contributed by atoms with Crippen LogP contribution in [0.2, 0.25) is 0 Å². The second-order valence-corrected chi connectivity index (χ2v) is 2.74. The summed E-state index contributed by atoms with van der Waals surface area (Å²) in [4.78, 5) is 0. The van der Waals surface area contributed by atoms with Gasteiger partial charge in [-0.25, -0.2) is 4.68 Å². The zero-order valence-corrected chi connectivity index (χ0v) is 6.94. The lowest BCUT2D eigenvalue weighted by molar-refractivity contribution is 0.892. The molecule has 0 aliphatic heterocycles. The van der Waals surface area contributed by atoms with Crippen LogP contribution in [0.15, 0.2) is 42.6 Å². The molecule has 0 saturated carbocycles. The fraction of sp³-hybridized carbons (Fsp3) is 0. The van der Waals surface area contributed by atoms with Gasteiger partial charge in [-0.1, -0.05) is 18.2 Å². The van der Waals surface area contributed by atoms with Crippen molar-refractivity contribution in [3.63, 3.8) is 0 Å². The minimum absolute atomic E-state index is 1.04. The van der Waals surface area contributed by atoms with Crippen LogP contribution in [0.3, 0.4) is 0 Å². The van der Waals surface area contributed by atoms with Gasteiger partial charge in [-0.3, -0.25) is 0 Å². The van der Waals surface area contributed by atoms with Crippen LogP contribution in [-0.2, 0) is 0 Å². The van der Waals surface area contributed by atoms with Crippen molar-refractivity contribution in [1.29, 1.82) is 0 Å². The number of aromatic nitrogens is 2. The molecule has 0 saturated heterocycles. The average molecular weight is 156 g/mol. The number of para-hydroxylation sites is 1. The molecule has 3 heteroatoms. The molecule has 0 N–H and O–H groups in total. The Morgan fingerprint density at radius 3 is 2.42 bits per heavy atom. The smallest absolute Gasteiger partial charge is 0.166 e. The van der Waals surface area contributed by atoms with Gasteiger partial charge in [-0.2, -0.15) is 5.10 Å². The Kier molecular flexibility index (Phi) is 1.70. The van der Waals surface area contributed by atoms with E-state index in [1.165, 1.54) is 0 Å². The summed E-state index contributed by atoms with van der Waals surface area (Å²) in [6, 6.07) is 12.1. The molecule has 0 unspecified atom stereocenters. The van der Waals surface area contributed by atoms with Crippen molar-refractivity contribution in [3.8, 4) is 5.69 Å². The molecule has 2 nitrogen and oxygen atoms in total. The molecule has 0 spiro atoms. The quantitative estimate of drug-likeness (QED) is 0.536. The van der Waals surface area contributed by atoms with Gasteiger partial charge in [0.25, 0.3) is 0 Å². The predicted molar refractivity (Wildman–Crippen MR) is 51.7 cm³/mol. The second kappa shape index (κ2) is 2.85. The molecule has 0 atom stereocenters. The number of nitrogens with zero attached hydrogens (tertiary/aromatic N) is 2. The fourth-order valence-electron chi connectivity index (χ4n) is 1.14. The maximum Gasteiger partial charge on any atom is 0.166 e. The van der Waals surface area contributed by atoms with Crippen molar-refractivity contribution in [1.82, 2.24) is 9.78 Å². The van der Waals surface area contributed by atoms with E-state index >= 15 is 0 Å². The third-order valence-electron chi connectivity index (χ3n) is 1.74. The number of rotatable bonds is 1. The Bertz CT molecular complexity index is 367. The number of hydrogen-bond acceptors (Lipinski definition) is 1. The Labute approximate surface area is 72.2 Å². The Morgan fingerprint density at radius 1 is 1.08 bits per heavy atom. The SMILES string of the molecule is Bc1ccn(-c2ccccc2)n1. The Balaban J connectivity index is 2.45. The first-order valence-corrected chi connectivity index (χ1v) is 3.94. The maximum atomic E-state index is 4.30. The lowest BCUT2D eigenvalue weighted by Crippen LogP contribution is -2.05. The van der Waals surface area contributed by atoms with E-state index in [-0.39, 0.29) is 0 Å². The normalized spacial score (nSPS) is 10.0. The van der Waals surface area contributed by atoms with Crippen LogP contribution in [0.4, 0.5) is 0 Å². The summed E-state index contributed by atoms with van der Waals surface area (Å²) in [5.41, 5.74) is 2.14. The first kappa shape index (κ1) is 7.16. The molecule has 0 fully saturated rings. The van der Waals surface area contributed by atoms with Crippen molar-refractivity contribution < 1.29 is 0 Å². The summed E-state index contributed by atoms with van der Waals surface area (Å²) >= 11 is 0. The Morgan fingerprint density at radius 2 is 1.83 bits per heavy atom. The molecular formula is C9H9BN2. The molecule has 0 radical (unpaired) electrons. The third-order valence-corrected chi connectivity index (χ3v) is 1.74. The van der Waals surface area contributed by atoms with Gasteiger partial charge in [0.05, 0.1) is 5.69 Å². The molecule has 0 aliphatic carbocycles.